The summed E-state index contributed by atoms with van der Waals surface area (Å²) in [5.74, 6) is -1.18. The van der Waals surface area contributed by atoms with Gasteiger partial charge in [0.2, 0.25) is 5.91 Å². The van der Waals surface area contributed by atoms with Crippen LogP contribution in [0.1, 0.15) is 24.8 Å². The molecular formula is C16H22N2O3. The molecule has 1 aliphatic rings. The number of nitrogens with one attached hydrogen (secondary N) is 1. The highest BCUT2D eigenvalue weighted by molar-refractivity contribution is 5.83. The number of amides is 1. The molecule has 2 N–H and O–H groups in total. The number of hydrogen-bond acceptors (Lipinski definition) is 3. The number of carbonyl (C=O) groups excluding carboxylic acids is 1. The van der Waals surface area contributed by atoms with Crippen molar-refractivity contribution < 1.29 is 14.7 Å². The first-order chi connectivity index (χ1) is 10.1. The van der Waals surface area contributed by atoms with Crippen molar-refractivity contribution in [2.24, 2.45) is 0 Å². The molecule has 0 saturated carbocycles. The van der Waals surface area contributed by atoms with Gasteiger partial charge in [-0.05, 0) is 31.5 Å². The Hall–Kier alpha value is -1.88. The smallest absolute Gasteiger partial charge is 0.326 e. The number of aliphatic carboxylic acids is 1. The van der Waals surface area contributed by atoms with Gasteiger partial charge in [-0.15, -0.1) is 0 Å². The Morgan fingerprint density at radius 3 is 2.48 bits per heavy atom. The largest absolute Gasteiger partial charge is 0.480 e. The van der Waals surface area contributed by atoms with E-state index >= 15 is 0 Å². The van der Waals surface area contributed by atoms with Crippen molar-refractivity contribution in [1.29, 1.82) is 0 Å². The molecule has 114 valence electrons. The second-order valence-corrected chi connectivity index (χ2v) is 5.45. The van der Waals surface area contributed by atoms with Gasteiger partial charge >= 0.3 is 5.97 Å². The lowest BCUT2D eigenvalue weighted by molar-refractivity contribution is -0.141. The lowest BCUT2D eigenvalue weighted by Gasteiger charge is -2.17. The van der Waals surface area contributed by atoms with Crippen molar-refractivity contribution in [2.45, 2.75) is 31.7 Å². The number of rotatable bonds is 7. The molecule has 0 radical (unpaired) electrons. The zero-order valence-corrected chi connectivity index (χ0v) is 12.1. The number of benzene rings is 1. The maximum absolute atomic E-state index is 11.9. The molecule has 2 rings (SSSR count). The predicted molar refractivity (Wildman–Crippen MR) is 80.0 cm³/mol. The van der Waals surface area contributed by atoms with Crippen molar-refractivity contribution in [3.63, 3.8) is 0 Å². The van der Waals surface area contributed by atoms with Crippen molar-refractivity contribution in [1.82, 2.24) is 10.2 Å². The lowest BCUT2D eigenvalue weighted by atomic mass is 10.1. The van der Waals surface area contributed by atoms with Crippen molar-refractivity contribution in [3.05, 3.63) is 35.9 Å². The Labute approximate surface area is 125 Å². The summed E-state index contributed by atoms with van der Waals surface area (Å²) in [6.45, 7) is 2.79. The fraction of sp³-hybridized carbons (Fsp3) is 0.500. The van der Waals surface area contributed by atoms with Crippen LogP contribution in [0.2, 0.25) is 0 Å². The third kappa shape index (κ3) is 5.19. The molecule has 1 saturated heterocycles. The quantitative estimate of drug-likeness (QED) is 0.794. The zero-order chi connectivity index (χ0) is 15.1. The van der Waals surface area contributed by atoms with Crippen LogP contribution in [0.15, 0.2) is 30.3 Å². The van der Waals surface area contributed by atoms with Crippen LogP contribution in [0.5, 0.6) is 0 Å². The van der Waals surface area contributed by atoms with E-state index < -0.39 is 12.0 Å². The van der Waals surface area contributed by atoms with Gasteiger partial charge in [0.15, 0.2) is 0 Å². The van der Waals surface area contributed by atoms with Gasteiger partial charge in [-0.3, -0.25) is 4.79 Å². The van der Waals surface area contributed by atoms with Crippen LogP contribution in [0, 0.1) is 0 Å². The summed E-state index contributed by atoms with van der Waals surface area (Å²) in [5.41, 5.74) is 0.907. The molecule has 0 aliphatic carbocycles. The van der Waals surface area contributed by atoms with E-state index in [4.69, 9.17) is 0 Å². The lowest BCUT2D eigenvalue weighted by Crippen LogP contribution is -2.43. The van der Waals surface area contributed by atoms with Crippen LogP contribution in [-0.2, 0) is 16.0 Å². The van der Waals surface area contributed by atoms with Gasteiger partial charge in [-0.1, -0.05) is 30.3 Å². The van der Waals surface area contributed by atoms with Crippen molar-refractivity contribution in [2.75, 3.05) is 19.6 Å². The molecule has 1 aliphatic heterocycles. The van der Waals surface area contributed by atoms with Gasteiger partial charge in [0.05, 0.1) is 0 Å². The predicted octanol–water partition coefficient (Wildman–Crippen LogP) is 1.28. The van der Waals surface area contributed by atoms with E-state index in [0.717, 1.165) is 18.7 Å². The highest BCUT2D eigenvalue weighted by Gasteiger charge is 2.21. The second kappa shape index (κ2) is 7.78. The summed E-state index contributed by atoms with van der Waals surface area (Å²) in [6, 6.07) is 8.48. The molecule has 1 heterocycles. The van der Waals surface area contributed by atoms with E-state index in [0.29, 0.717) is 19.4 Å². The first-order valence-electron chi connectivity index (χ1n) is 7.43. The molecule has 5 heteroatoms. The van der Waals surface area contributed by atoms with Crippen LogP contribution < -0.4 is 5.32 Å². The fourth-order valence-corrected chi connectivity index (χ4v) is 2.58. The highest BCUT2D eigenvalue weighted by Crippen LogP contribution is 2.08. The summed E-state index contributed by atoms with van der Waals surface area (Å²) in [4.78, 5) is 25.4. The van der Waals surface area contributed by atoms with Gasteiger partial charge in [0.25, 0.3) is 0 Å². The molecule has 1 aromatic carbocycles. The minimum Gasteiger partial charge on any atom is -0.480 e. The van der Waals surface area contributed by atoms with Gasteiger partial charge in [0, 0.05) is 19.4 Å². The molecule has 0 bridgehead atoms. The van der Waals surface area contributed by atoms with Crippen LogP contribution in [0.3, 0.4) is 0 Å². The number of likely N-dealkylation sites (tertiary alicyclic amines) is 1. The minimum atomic E-state index is -0.992. The highest BCUT2D eigenvalue weighted by atomic mass is 16.4. The van der Waals surface area contributed by atoms with E-state index in [9.17, 15) is 14.7 Å². The number of carboxylic acid groups (broad SMARTS) is 1. The third-order valence-electron chi connectivity index (χ3n) is 3.77. The molecule has 1 fully saturated rings. The average molecular weight is 290 g/mol. The maximum Gasteiger partial charge on any atom is 0.326 e. The van der Waals surface area contributed by atoms with Crippen molar-refractivity contribution in [3.8, 4) is 0 Å². The Morgan fingerprint density at radius 1 is 1.19 bits per heavy atom. The molecule has 1 amide bonds. The summed E-state index contributed by atoms with van der Waals surface area (Å²) in [7, 11) is 0. The molecule has 5 nitrogen and oxygen atoms in total. The van der Waals surface area contributed by atoms with Crippen molar-refractivity contribution >= 4 is 11.9 Å². The molecule has 1 atom stereocenters. The molecule has 0 spiro atoms. The summed E-state index contributed by atoms with van der Waals surface area (Å²) in [5, 5.41) is 11.9. The van der Waals surface area contributed by atoms with E-state index in [1.165, 1.54) is 12.8 Å². The first kappa shape index (κ1) is 15.5. The Morgan fingerprint density at radius 2 is 1.86 bits per heavy atom. The van der Waals surface area contributed by atoms with Gasteiger partial charge in [0.1, 0.15) is 6.04 Å². The molecule has 1 aromatic rings. The van der Waals surface area contributed by atoms with Gasteiger partial charge < -0.3 is 15.3 Å². The van der Waals surface area contributed by atoms with E-state index in [2.05, 4.69) is 10.2 Å². The third-order valence-corrected chi connectivity index (χ3v) is 3.77. The maximum atomic E-state index is 11.9. The topological polar surface area (TPSA) is 69.6 Å². The Bertz CT molecular complexity index is 470. The van der Waals surface area contributed by atoms with E-state index in [-0.39, 0.29) is 5.91 Å². The average Bonchev–Trinajstić information content (AvgIpc) is 2.99. The first-order valence-corrected chi connectivity index (χ1v) is 7.43. The monoisotopic (exact) mass is 290 g/mol. The van der Waals surface area contributed by atoms with E-state index in [1.807, 2.05) is 30.3 Å². The molecular weight excluding hydrogens is 268 g/mol. The molecule has 0 aromatic heterocycles. The summed E-state index contributed by atoms with van der Waals surface area (Å²) < 4.78 is 0. The van der Waals surface area contributed by atoms with E-state index in [1.54, 1.807) is 0 Å². The van der Waals surface area contributed by atoms with Crippen LogP contribution in [0.25, 0.3) is 0 Å². The van der Waals surface area contributed by atoms with Crippen LogP contribution >= 0.6 is 0 Å². The molecule has 1 unspecified atom stereocenters. The Kier molecular flexibility index (Phi) is 5.75. The number of carboxylic acids is 1. The number of carbonyl (C=O) groups is 2. The summed E-state index contributed by atoms with van der Waals surface area (Å²) >= 11 is 0. The summed E-state index contributed by atoms with van der Waals surface area (Å²) in [6.07, 6.45) is 3.05. The SMILES string of the molecule is O=C(CCN1CCCC1)NC(Cc1ccccc1)C(=O)O. The van der Waals surface area contributed by atoms with Crippen LogP contribution in [0.4, 0.5) is 0 Å². The Balaban J connectivity index is 1.81. The molecule has 21 heavy (non-hydrogen) atoms. The second-order valence-electron chi connectivity index (χ2n) is 5.45. The number of hydrogen-bond donors (Lipinski definition) is 2. The van der Waals surface area contributed by atoms with Gasteiger partial charge in [-0.25, -0.2) is 4.79 Å². The van der Waals surface area contributed by atoms with Crippen LogP contribution in [-0.4, -0.2) is 47.6 Å². The normalized spacial score (nSPS) is 16.6. The fourth-order valence-electron chi connectivity index (χ4n) is 2.58. The van der Waals surface area contributed by atoms with Gasteiger partial charge in [-0.2, -0.15) is 0 Å². The minimum absolute atomic E-state index is 0.190. The number of nitrogens with zero attached hydrogens (tertiary/aromatic N) is 1. The zero-order valence-electron chi connectivity index (χ0n) is 12.1. The standard InChI is InChI=1S/C16H22N2O3/c19-15(8-11-18-9-4-5-10-18)17-14(16(20)21)12-13-6-2-1-3-7-13/h1-3,6-7,14H,4-5,8-12H2,(H,17,19)(H,20,21).